The molecule has 5 aliphatic heterocycles. The summed E-state index contributed by atoms with van der Waals surface area (Å²) < 4.78 is 7.22. The molecule has 0 aromatic rings. The average molecular weight is 901 g/mol. The van der Waals surface area contributed by atoms with Crippen molar-refractivity contribution in [1.29, 1.82) is 0 Å². The molecular formula is C30H65F5N10O5S5. The summed E-state index contributed by atoms with van der Waals surface area (Å²) in [5, 5.41) is 9.97. The average Bonchev–Trinajstić information content (AvgIpc) is 3.21. The number of nitrogens with zero attached hydrogens (tertiary/aromatic N) is 10. The fourth-order valence-electron chi connectivity index (χ4n) is 5.80. The summed E-state index contributed by atoms with van der Waals surface area (Å²) in [6.45, 7) is 9.88. The minimum absolute atomic E-state index is 0. The van der Waals surface area contributed by atoms with Gasteiger partial charge in [-0.1, -0.05) is 54.2 Å². The Morgan fingerprint density at radius 3 is 0.455 bits per heavy atom. The van der Waals surface area contributed by atoms with Gasteiger partial charge in [-0.15, -0.1) is 0 Å². The first kappa shape index (κ1) is 62.7. The van der Waals surface area contributed by atoms with Crippen molar-refractivity contribution in [3.63, 3.8) is 0 Å². The molecule has 25 heteroatoms. The highest BCUT2D eigenvalue weighted by Gasteiger charge is 2.20. The fraction of sp³-hybridized carbons (Fsp3) is 0.833. The lowest BCUT2D eigenvalue weighted by molar-refractivity contribution is -0.124. The number of halogens is 5. The summed E-state index contributed by atoms with van der Waals surface area (Å²) in [6, 6.07) is 0. The van der Waals surface area contributed by atoms with E-state index in [0.29, 0.717) is 0 Å². The summed E-state index contributed by atoms with van der Waals surface area (Å²) in [4.78, 5) is 51.2. The molecular weight excluding hydrogens is 836 g/mol. The van der Waals surface area contributed by atoms with Gasteiger partial charge in [0.05, 0.1) is 64.1 Å². The Kier molecular flexibility index (Phi) is 46.5. The minimum Gasteiger partial charge on any atom is -1.00 e. The van der Waals surface area contributed by atoms with E-state index in [-0.39, 0.29) is 23.5 Å². The van der Waals surface area contributed by atoms with Crippen molar-refractivity contribution in [2.45, 2.75) is 96.3 Å². The van der Waals surface area contributed by atoms with Crippen molar-refractivity contribution in [2.24, 2.45) is 0 Å². The second-order valence-corrected chi connectivity index (χ2v) is 14.6. The highest BCUT2D eigenvalue weighted by Crippen LogP contribution is 2.12. The smallest absolute Gasteiger partial charge is 0.270 e. The van der Waals surface area contributed by atoms with Crippen LogP contribution in [0, 0.1) is 0 Å². The molecule has 5 amide bonds. The van der Waals surface area contributed by atoms with Gasteiger partial charge < -0.3 is 23.5 Å². The van der Waals surface area contributed by atoms with E-state index in [1.165, 1.54) is 118 Å². The Labute approximate surface area is 351 Å². The zero-order valence-electron chi connectivity index (χ0n) is 31.5. The molecule has 0 atom stereocenters. The predicted octanol–water partition coefficient (Wildman–Crippen LogP) is -16.1. The molecule has 0 aromatic carbocycles. The molecule has 0 aliphatic carbocycles. The molecule has 0 unspecified atom stereocenters. The molecule has 5 saturated heterocycles. The van der Waals surface area contributed by atoms with E-state index < -0.39 is 0 Å². The van der Waals surface area contributed by atoms with E-state index >= 15 is 0 Å². The first-order valence-corrected chi connectivity index (χ1v) is 20.0. The Morgan fingerprint density at radius 2 is 0.364 bits per heavy atom. The molecule has 0 spiro atoms. The molecule has 330 valence electrons. The lowest BCUT2D eigenvalue weighted by atomic mass is 10.2. The third-order valence-corrected chi connectivity index (χ3v) is 10.6. The summed E-state index contributed by atoms with van der Waals surface area (Å²) in [5.74, 6) is 0. The van der Waals surface area contributed by atoms with Crippen LogP contribution in [0.1, 0.15) is 96.3 Å². The van der Waals surface area contributed by atoms with Crippen molar-refractivity contribution in [2.75, 3.05) is 65.4 Å². The monoisotopic (exact) mass is 900 g/mol. The second kappa shape index (κ2) is 40.7. The fourth-order valence-corrected chi connectivity index (χ4v) is 6.80. The molecule has 0 bridgehead atoms. The largest absolute Gasteiger partial charge is 1.00 e. The predicted molar refractivity (Wildman–Crippen MR) is 217 cm³/mol. The van der Waals surface area contributed by atoms with Crippen LogP contribution in [0.2, 0.25) is 0 Å². The molecule has 55 heavy (non-hydrogen) atoms. The van der Waals surface area contributed by atoms with Crippen molar-refractivity contribution in [3.05, 3.63) is 0 Å². The second-order valence-electron chi connectivity index (χ2n) is 12.3. The van der Waals surface area contributed by atoms with Crippen LogP contribution in [-0.2, 0) is 88.0 Å². The quantitative estimate of drug-likeness (QED) is 0.119. The molecule has 5 rings (SSSR count). The van der Waals surface area contributed by atoms with E-state index in [9.17, 15) is 24.0 Å². The third-order valence-electron chi connectivity index (χ3n) is 8.69. The third kappa shape index (κ3) is 28.6. The summed E-state index contributed by atoms with van der Waals surface area (Å²) >= 11 is 15.9. The van der Waals surface area contributed by atoms with Crippen LogP contribution in [-0.4, -0.2) is 145 Å². The molecule has 15 nitrogen and oxygen atoms in total. The van der Waals surface area contributed by atoms with Gasteiger partial charge in [-0.3, -0.25) is 24.0 Å². The standard InChI is InChI=1S/5C6H12N2OS.5FH/c5*9-6-8(10)7-4-2-1-3-5-7;;;;;/h5*6,10H,1-5H2;5*1H. The maximum Gasteiger partial charge on any atom is 0.270 e. The van der Waals surface area contributed by atoms with Crippen LogP contribution in [0.3, 0.4) is 0 Å². The van der Waals surface area contributed by atoms with Crippen molar-refractivity contribution < 1.29 is 47.5 Å². The Morgan fingerprint density at radius 1 is 0.255 bits per heavy atom. The SMILES string of the molecule is O=CN([SH2+])N1CCCCC1.O=CN([SH2+])N1CCCCC1.O=CN([SH2+])N1CCCCC1.O=CN([SH2+])N1CCCCC1.O=CN([SH2+])N1CCCCC1.[F-].[F-].[F-].[F-].[F-]. The molecule has 5 aliphatic rings. The Hall–Kier alpha value is -1.45. The zero-order valence-corrected chi connectivity index (χ0v) is 36.5. The van der Waals surface area contributed by atoms with Gasteiger partial charge in [0, 0.05) is 65.4 Å². The lowest BCUT2D eigenvalue weighted by Crippen LogP contribution is -3.00. The van der Waals surface area contributed by atoms with Gasteiger partial charge in [0.1, 0.15) is 0 Å². The van der Waals surface area contributed by atoms with E-state index in [4.69, 9.17) is 0 Å². The minimum atomic E-state index is 0. The highest BCUT2D eigenvalue weighted by atomic mass is 32.1. The van der Waals surface area contributed by atoms with E-state index in [1.54, 1.807) is 0 Å². The summed E-state index contributed by atoms with van der Waals surface area (Å²) in [5.41, 5.74) is 0. The Bertz CT molecular complexity index is 758. The zero-order chi connectivity index (χ0) is 37.0. The maximum atomic E-state index is 10.2. The molecule has 5 heterocycles. The van der Waals surface area contributed by atoms with Gasteiger partial charge in [0.2, 0.25) is 0 Å². The van der Waals surface area contributed by atoms with Gasteiger partial charge in [0.25, 0.3) is 32.1 Å². The van der Waals surface area contributed by atoms with Crippen LogP contribution in [0.5, 0.6) is 0 Å². The summed E-state index contributed by atoms with van der Waals surface area (Å²) in [7, 11) is 0. The number of hydrogen-bond acceptors (Lipinski definition) is 10. The molecule has 0 N–H and O–H groups in total. The number of rotatable bonds is 10. The maximum absolute atomic E-state index is 10.2. The molecule has 0 radical (unpaired) electrons. The van der Waals surface area contributed by atoms with E-state index in [1.807, 2.05) is 25.0 Å². The van der Waals surface area contributed by atoms with E-state index in [2.05, 4.69) is 64.1 Å². The highest BCUT2D eigenvalue weighted by molar-refractivity contribution is 7.57. The number of hydrogen-bond donors (Lipinski definition) is 0. The van der Waals surface area contributed by atoms with Crippen molar-refractivity contribution >= 4 is 96.1 Å². The summed E-state index contributed by atoms with van der Waals surface area (Å²) in [6.07, 6.45) is 22.2. The topological polar surface area (TPSA) is 118 Å². The van der Waals surface area contributed by atoms with E-state index in [0.717, 1.165) is 97.5 Å². The van der Waals surface area contributed by atoms with Crippen molar-refractivity contribution in [1.82, 2.24) is 47.1 Å². The lowest BCUT2D eigenvalue weighted by Gasteiger charge is -2.26. The number of hydrazine groups is 5. The Balaban J connectivity index is -0.000000185. The first-order valence-electron chi connectivity index (χ1n) is 17.7. The van der Waals surface area contributed by atoms with Crippen LogP contribution in [0.4, 0.5) is 0 Å². The van der Waals surface area contributed by atoms with Gasteiger partial charge in [-0.05, 0) is 64.2 Å². The van der Waals surface area contributed by atoms with Crippen LogP contribution in [0.15, 0.2) is 0 Å². The molecule has 0 saturated carbocycles. The van der Waals surface area contributed by atoms with Crippen molar-refractivity contribution in [3.8, 4) is 0 Å². The normalized spacial score (nSPS) is 18.6. The van der Waals surface area contributed by atoms with Gasteiger partial charge in [-0.25, -0.2) is 0 Å². The number of piperidine rings is 5. The number of amides is 5. The number of carbonyl (C=O) groups excluding carboxylic acids is 5. The van der Waals surface area contributed by atoms with Gasteiger partial charge in [0.15, 0.2) is 0 Å². The number of carbonyl (C=O) groups is 5. The van der Waals surface area contributed by atoms with Gasteiger partial charge >= 0.3 is 0 Å². The molecule has 0 aromatic heterocycles. The van der Waals surface area contributed by atoms with Crippen LogP contribution in [0.25, 0.3) is 0 Å². The van der Waals surface area contributed by atoms with Crippen LogP contribution < -0.4 is 23.5 Å². The van der Waals surface area contributed by atoms with Crippen LogP contribution >= 0.6 is 0 Å². The first-order chi connectivity index (χ1) is 24.2. The molecule has 5 fully saturated rings. The van der Waals surface area contributed by atoms with Gasteiger partial charge in [-0.2, -0.15) is 25.0 Å².